The monoisotopic (exact) mass is 409 g/mol. The Hall–Kier alpha value is 0.650. The molecule has 0 aromatic rings. The van der Waals surface area contributed by atoms with Gasteiger partial charge in [-0.15, -0.1) is 0 Å². The minimum Gasteiger partial charge on any atom is -1.00 e. The third-order valence-corrected chi connectivity index (χ3v) is 6.59. The Kier molecular flexibility index (Phi) is 7.96. The molecule has 0 spiro atoms. The maximum absolute atomic E-state index is 2.53. The lowest BCUT2D eigenvalue weighted by Gasteiger charge is -2.33. The highest BCUT2D eigenvalue weighted by molar-refractivity contribution is 4.80. The molecule has 2 aliphatic rings. The van der Waals surface area contributed by atoms with E-state index < -0.39 is 0 Å². The van der Waals surface area contributed by atoms with E-state index in [1.807, 2.05) is 0 Å². The van der Waals surface area contributed by atoms with E-state index in [0.717, 1.165) is 11.8 Å². The summed E-state index contributed by atoms with van der Waals surface area (Å²) in [6, 6.07) is 0. The summed E-state index contributed by atoms with van der Waals surface area (Å²) in [7, 11) is 4.95. The first-order chi connectivity index (χ1) is 9.50. The van der Waals surface area contributed by atoms with Crippen molar-refractivity contribution in [2.75, 3.05) is 53.4 Å². The molecule has 0 radical (unpaired) electrons. The van der Waals surface area contributed by atoms with Crippen molar-refractivity contribution in [1.29, 1.82) is 0 Å². The van der Waals surface area contributed by atoms with E-state index in [1.165, 1.54) is 86.8 Å². The maximum atomic E-state index is 2.53. The summed E-state index contributed by atoms with van der Waals surface area (Å²) < 4.78 is 2.65. The average molecular weight is 409 g/mol. The van der Waals surface area contributed by atoms with Gasteiger partial charge < -0.3 is 32.9 Å². The largest absolute Gasteiger partial charge is 1.00 e. The van der Waals surface area contributed by atoms with E-state index in [2.05, 4.69) is 27.9 Å². The molecule has 1 aliphatic carbocycles. The van der Waals surface area contributed by atoms with Crippen molar-refractivity contribution in [2.45, 2.75) is 52.4 Å². The van der Waals surface area contributed by atoms with E-state index >= 15 is 0 Å². The SMILES string of the molecule is CC[N+](C)(CC)CCCC[N+]1(C)CC2CCCCC2C1.[I-]. The number of likely N-dealkylation sites (tertiary alicyclic amines) is 1. The third-order valence-electron chi connectivity index (χ3n) is 6.59. The first-order valence-corrected chi connectivity index (χ1v) is 9.17. The molecule has 21 heavy (non-hydrogen) atoms. The Labute approximate surface area is 150 Å². The molecule has 0 aromatic carbocycles. The molecule has 1 heterocycles. The normalized spacial score (nSPS) is 32.6. The Morgan fingerprint density at radius 2 is 1.48 bits per heavy atom. The molecular formula is C18H38IN2+. The Balaban J connectivity index is 0.00000220. The summed E-state index contributed by atoms with van der Waals surface area (Å²) in [5, 5.41) is 0. The minimum absolute atomic E-state index is 0. The van der Waals surface area contributed by atoms with E-state index in [4.69, 9.17) is 0 Å². The van der Waals surface area contributed by atoms with Crippen LogP contribution in [0.15, 0.2) is 0 Å². The lowest BCUT2D eigenvalue weighted by molar-refractivity contribution is -0.910. The van der Waals surface area contributed by atoms with Gasteiger partial charge in [0.05, 0.1) is 53.4 Å². The zero-order valence-corrected chi connectivity index (χ0v) is 17.1. The van der Waals surface area contributed by atoms with Crippen LogP contribution in [0.3, 0.4) is 0 Å². The first kappa shape index (κ1) is 19.7. The number of rotatable bonds is 7. The molecule has 1 saturated carbocycles. The number of hydrogen-bond acceptors (Lipinski definition) is 0. The minimum atomic E-state index is 0. The molecule has 1 saturated heterocycles. The van der Waals surface area contributed by atoms with Crippen LogP contribution < -0.4 is 24.0 Å². The number of hydrogen-bond donors (Lipinski definition) is 0. The lowest BCUT2D eigenvalue weighted by Crippen LogP contribution is -3.00. The van der Waals surface area contributed by atoms with Gasteiger partial charge in [0.25, 0.3) is 0 Å². The zero-order valence-electron chi connectivity index (χ0n) is 14.9. The van der Waals surface area contributed by atoms with Crippen LogP contribution in [0.5, 0.6) is 0 Å². The predicted octanol–water partition coefficient (Wildman–Crippen LogP) is 0.524. The van der Waals surface area contributed by atoms with Crippen LogP contribution >= 0.6 is 0 Å². The van der Waals surface area contributed by atoms with Crippen LogP contribution in [0.4, 0.5) is 0 Å². The molecule has 0 N–H and O–H groups in total. The highest BCUT2D eigenvalue weighted by Crippen LogP contribution is 2.39. The molecule has 0 aromatic heterocycles. The van der Waals surface area contributed by atoms with E-state index in [0.29, 0.717) is 0 Å². The van der Waals surface area contributed by atoms with Gasteiger partial charge in [-0.2, -0.15) is 0 Å². The van der Waals surface area contributed by atoms with Gasteiger partial charge in [-0.05, 0) is 26.7 Å². The van der Waals surface area contributed by atoms with Crippen LogP contribution in [0.25, 0.3) is 0 Å². The molecule has 2 fully saturated rings. The van der Waals surface area contributed by atoms with Gasteiger partial charge in [0, 0.05) is 24.7 Å². The van der Waals surface area contributed by atoms with Crippen molar-refractivity contribution in [3.8, 4) is 0 Å². The Bertz CT molecular complexity index is 288. The quantitative estimate of drug-likeness (QED) is 0.327. The van der Waals surface area contributed by atoms with Crippen molar-refractivity contribution < 1.29 is 32.9 Å². The molecule has 2 nitrogen and oxygen atoms in total. The van der Waals surface area contributed by atoms with Gasteiger partial charge in [-0.1, -0.05) is 12.8 Å². The average Bonchev–Trinajstić information content (AvgIpc) is 2.80. The highest BCUT2D eigenvalue weighted by Gasteiger charge is 2.42. The molecule has 3 heteroatoms. The number of fused-ring (bicyclic) bond motifs is 1. The standard InChI is InChI=1S/C18H38N2.HI/c1-5-19(3,6-2)13-9-10-14-20(4)15-17-11-7-8-12-18(17)16-20;/h17-18H,5-16H2,1-4H3;1H/q+2;/p-1. The van der Waals surface area contributed by atoms with Crippen molar-refractivity contribution in [1.82, 2.24) is 0 Å². The molecule has 1 aliphatic heterocycles. The topological polar surface area (TPSA) is 0 Å². The smallest absolute Gasteiger partial charge is 0.0818 e. The van der Waals surface area contributed by atoms with Gasteiger partial charge in [0.15, 0.2) is 0 Å². The fraction of sp³-hybridized carbons (Fsp3) is 1.00. The summed E-state index contributed by atoms with van der Waals surface area (Å²) in [4.78, 5) is 0. The van der Waals surface area contributed by atoms with Crippen LogP contribution in [-0.4, -0.2) is 62.3 Å². The van der Waals surface area contributed by atoms with Crippen molar-refractivity contribution >= 4 is 0 Å². The second-order valence-corrected chi connectivity index (χ2v) is 8.20. The number of quaternary nitrogens is 2. The second kappa shape index (κ2) is 8.49. The van der Waals surface area contributed by atoms with Crippen LogP contribution in [0.1, 0.15) is 52.4 Å². The number of halogens is 1. The molecule has 126 valence electrons. The van der Waals surface area contributed by atoms with Gasteiger partial charge >= 0.3 is 0 Å². The Morgan fingerprint density at radius 1 is 0.952 bits per heavy atom. The van der Waals surface area contributed by atoms with Crippen molar-refractivity contribution in [3.05, 3.63) is 0 Å². The van der Waals surface area contributed by atoms with E-state index in [1.54, 1.807) is 0 Å². The Morgan fingerprint density at radius 3 is 1.95 bits per heavy atom. The van der Waals surface area contributed by atoms with E-state index in [9.17, 15) is 0 Å². The van der Waals surface area contributed by atoms with E-state index in [-0.39, 0.29) is 24.0 Å². The van der Waals surface area contributed by atoms with Gasteiger partial charge in [0.2, 0.25) is 0 Å². The molecule has 0 bridgehead atoms. The fourth-order valence-corrected chi connectivity index (χ4v) is 4.68. The summed E-state index contributed by atoms with van der Waals surface area (Å²) in [5.41, 5.74) is 0. The number of unbranched alkanes of at least 4 members (excludes halogenated alkanes) is 1. The van der Waals surface area contributed by atoms with Gasteiger partial charge in [-0.3, -0.25) is 0 Å². The van der Waals surface area contributed by atoms with Gasteiger partial charge in [-0.25, -0.2) is 0 Å². The van der Waals surface area contributed by atoms with Gasteiger partial charge in [0.1, 0.15) is 0 Å². The summed E-state index contributed by atoms with van der Waals surface area (Å²) >= 11 is 0. The lowest BCUT2D eigenvalue weighted by atomic mass is 9.82. The van der Waals surface area contributed by atoms with Crippen LogP contribution in [-0.2, 0) is 0 Å². The predicted molar refractivity (Wildman–Crippen MR) is 87.6 cm³/mol. The molecule has 2 rings (SSSR count). The summed E-state index contributed by atoms with van der Waals surface area (Å²) in [6.07, 6.45) is 8.91. The third kappa shape index (κ3) is 5.35. The molecule has 0 amide bonds. The fourth-order valence-electron chi connectivity index (χ4n) is 4.68. The van der Waals surface area contributed by atoms with Crippen molar-refractivity contribution in [3.63, 3.8) is 0 Å². The van der Waals surface area contributed by atoms with Crippen molar-refractivity contribution in [2.24, 2.45) is 11.8 Å². The molecule has 2 unspecified atom stereocenters. The zero-order chi connectivity index (χ0) is 14.6. The van der Waals surface area contributed by atoms with Crippen LogP contribution in [0.2, 0.25) is 0 Å². The maximum Gasteiger partial charge on any atom is 0.0818 e. The summed E-state index contributed by atoms with van der Waals surface area (Å²) in [6.45, 7) is 13.0. The second-order valence-electron chi connectivity index (χ2n) is 8.20. The molecule has 2 atom stereocenters. The molecular weight excluding hydrogens is 371 g/mol. The first-order valence-electron chi connectivity index (χ1n) is 9.17. The van der Waals surface area contributed by atoms with Crippen LogP contribution in [0, 0.1) is 11.8 Å². The number of nitrogens with zero attached hydrogens (tertiary/aromatic N) is 2. The summed E-state index contributed by atoms with van der Waals surface area (Å²) in [5.74, 6) is 2.14. The highest BCUT2D eigenvalue weighted by atomic mass is 127.